The molecule has 1 N–H and O–H groups in total. The van der Waals surface area contributed by atoms with Gasteiger partial charge in [-0.2, -0.15) is 0 Å². The van der Waals surface area contributed by atoms with Crippen molar-refractivity contribution in [3.05, 3.63) is 97.0 Å². The zero-order valence-corrected chi connectivity index (χ0v) is 21.9. The van der Waals surface area contributed by atoms with E-state index in [1.165, 1.54) is 19.9 Å². The van der Waals surface area contributed by atoms with Crippen LogP contribution in [0.3, 0.4) is 0 Å². The smallest absolute Gasteiger partial charge is 0.155 e. The molecular formula is C29H21IrN2O4-. The van der Waals surface area contributed by atoms with Gasteiger partial charge in [-0.15, -0.1) is 18.2 Å². The average Bonchev–Trinajstić information content (AvgIpc) is 3.46. The molecule has 1 radical (unpaired) electrons. The molecule has 0 aliphatic heterocycles. The predicted molar refractivity (Wildman–Crippen MR) is 136 cm³/mol. The molecule has 6 nitrogen and oxygen atoms in total. The van der Waals surface area contributed by atoms with Crippen molar-refractivity contribution in [3.63, 3.8) is 0 Å². The van der Waals surface area contributed by atoms with Crippen molar-refractivity contribution in [1.82, 2.24) is 9.97 Å². The Bertz CT molecular complexity index is 1700. The van der Waals surface area contributed by atoms with Crippen LogP contribution in [0.1, 0.15) is 13.8 Å². The van der Waals surface area contributed by atoms with Crippen LogP contribution in [0.15, 0.2) is 99.8 Å². The number of hydrogen-bond donors (Lipinski definition) is 1. The molecule has 7 heteroatoms. The first-order valence-electron chi connectivity index (χ1n) is 11.0. The Morgan fingerprint density at radius 3 is 2.39 bits per heavy atom. The average molecular weight is 654 g/mol. The van der Waals surface area contributed by atoms with E-state index in [1.54, 1.807) is 6.33 Å². The number of aromatic nitrogens is 2. The van der Waals surface area contributed by atoms with Gasteiger partial charge in [0, 0.05) is 48.9 Å². The van der Waals surface area contributed by atoms with E-state index in [-0.39, 0.29) is 31.6 Å². The molecule has 0 saturated carbocycles. The molecule has 0 fully saturated rings. The Balaban J connectivity index is 0.000000338. The maximum absolute atomic E-state index is 10.0. The quantitative estimate of drug-likeness (QED) is 0.123. The number of rotatable bonds is 3. The number of ketones is 1. The molecule has 36 heavy (non-hydrogen) atoms. The van der Waals surface area contributed by atoms with Gasteiger partial charge in [-0.1, -0.05) is 59.5 Å². The molecule has 3 heterocycles. The number of hydrogen-bond acceptors (Lipinski definition) is 6. The number of carbonyl (C=O) groups is 1. The van der Waals surface area contributed by atoms with E-state index in [9.17, 15) is 4.79 Å². The number of carbonyl (C=O) groups excluding carboxylic acids is 1. The number of aliphatic hydroxyl groups is 1. The second kappa shape index (κ2) is 10.7. The summed E-state index contributed by atoms with van der Waals surface area (Å²) in [5.41, 5.74) is 5.43. The summed E-state index contributed by atoms with van der Waals surface area (Å²) in [4.78, 5) is 18.9. The van der Waals surface area contributed by atoms with Crippen molar-refractivity contribution in [3.8, 4) is 22.6 Å². The zero-order valence-electron chi connectivity index (χ0n) is 19.5. The number of fused-ring (bicyclic) bond motifs is 4. The standard InChI is InChI=1S/C24H13N2O2.C5H8O2.Ir/c1-2-7-15(8-3-1)21-13-19-24(28-21)22(26-14-25-19)18-11-6-10-17-16-9-4-5-12-20(16)27-23(17)18;1-4(6)3-5(2)7;/h1-10,12-14H;3,6H,1-2H3;/q-1;;/b;4-3-;. The first kappa shape index (κ1) is 25.0. The molecule has 0 atom stereocenters. The van der Waals surface area contributed by atoms with E-state index in [4.69, 9.17) is 13.9 Å². The molecule has 0 bridgehead atoms. The van der Waals surface area contributed by atoms with Gasteiger partial charge in [-0.25, -0.2) is 4.98 Å². The Morgan fingerprint density at radius 1 is 0.917 bits per heavy atom. The zero-order chi connectivity index (χ0) is 24.4. The topological polar surface area (TPSA) is 89.4 Å². The van der Waals surface area contributed by atoms with Crippen LogP contribution in [0.25, 0.3) is 55.6 Å². The molecule has 181 valence electrons. The van der Waals surface area contributed by atoms with Crippen molar-refractivity contribution in [2.45, 2.75) is 13.8 Å². The second-order valence-electron chi connectivity index (χ2n) is 8.00. The number of aliphatic hydroxyl groups excluding tert-OH is 1. The van der Waals surface area contributed by atoms with Gasteiger partial charge in [0.05, 0.1) is 11.3 Å². The molecule has 6 aromatic rings. The van der Waals surface area contributed by atoms with Crippen LogP contribution in [-0.2, 0) is 24.9 Å². The third kappa shape index (κ3) is 4.98. The summed E-state index contributed by atoms with van der Waals surface area (Å²) >= 11 is 0. The SMILES string of the molecule is CC(=O)/C=C(/C)O.[Ir].[c-]1ccc2c(oc3ccccc32)c1-c1ncnc2cc(-c3ccccc3)oc12. The van der Waals surface area contributed by atoms with Gasteiger partial charge >= 0.3 is 0 Å². The fraction of sp³-hybridized carbons (Fsp3) is 0.0690. The molecule has 3 aromatic heterocycles. The molecule has 0 aliphatic carbocycles. The van der Waals surface area contributed by atoms with E-state index < -0.39 is 0 Å². The van der Waals surface area contributed by atoms with Crippen molar-refractivity contribution >= 4 is 38.8 Å². The number of allylic oxidation sites excluding steroid dienone is 2. The minimum Gasteiger partial charge on any atom is -0.512 e. The van der Waals surface area contributed by atoms with Crippen LogP contribution in [0.2, 0.25) is 0 Å². The molecule has 0 aliphatic rings. The normalized spacial score (nSPS) is 11.2. The van der Waals surface area contributed by atoms with Gasteiger partial charge in [0.15, 0.2) is 5.78 Å². The number of nitrogens with zero attached hydrogens (tertiary/aromatic N) is 2. The summed E-state index contributed by atoms with van der Waals surface area (Å²) in [6, 6.07) is 27.1. The molecule has 0 amide bonds. The fourth-order valence-corrected chi connectivity index (χ4v) is 3.94. The van der Waals surface area contributed by atoms with Crippen LogP contribution in [-0.4, -0.2) is 20.9 Å². The molecule has 0 saturated heterocycles. The predicted octanol–water partition coefficient (Wildman–Crippen LogP) is 7.29. The van der Waals surface area contributed by atoms with Gasteiger partial charge in [0.25, 0.3) is 0 Å². The summed E-state index contributed by atoms with van der Waals surface area (Å²) in [5.74, 6) is 0.696. The Labute approximate surface area is 220 Å². The third-order valence-corrected chi connectivity index (χ3v) is 5.36. The first-order chi connectivity index (χ1) is 17.0. The summed E-state index contributed by atoms with van der Waals surface area (Å²) in [7, 11) is 0. The van der Waals surface area contributed by atoms with Crippen LogP contribution in [0.4, 0.5) is 0 Å². The van der Waals surface area contributed by atoms with Crippen molar-refractivity contribution in [2.75, 3.05) is 0 Å². The van der Waals surface area contributed by atoms with E-state index in [2.05, 4.69) is 22.1 Å². The molecule has 0 unspecified atom stereocenters. The summed E-state index contributed by atoms with van der Waals surface area (Å²) in [5, 5.41) is 10.5. The minimum absolute atomic E-state index is 0. The maximum Gasteiger partial charge on any atom is 0.155 e. The fourth-order valence-electron chi connectivity index (χ4n) is 3.94. The number of para-hydroxylation sites is 1. The van der Waals surface area contributed by atoms with E-state index in [0.29, 0.717) is 11.3 Å². The minimum atomic E-state index is -0.125. The summed E-state index contributed by atoms with van der Waals surface area (Å²) in [6.07, 6.45) is 2.72. The maximum atomic E-state index is 10.0. The van der Waals surface area contributed by atoms with Crippen LogP contribution < -0.4 is 0 Å². The number of benzene rings is 3. The van der Waals surface area contributed by atoms with Crippen LogP contribution >= 0.6 is 0 Å². The van der Waals surface area contributed by atoms with Crippen molar-refractivity contribution in [2.24, 2.45) is 0 Å². The third-order valence-electron chi connectivity index (χ3n) is 5.36. The summed E-state index contributed by atoms with van der Waals surface area (Å²) < 4.78 is 12.3. The Hall–Kier alpha value is -4.06. The van der Waals surface area contributed by atoms with Gasteiger partial charge in [-0.05, 0) is 19.9 Å². The van der Waals surface area contributed by atoms with E-state index in [0.717, 1.165) is 44.3 Å². The van der Waals surface area contributed by atoms with Crippen molar-refractivity contribution in [1.29, 1.82) is 0 Å². The van der Waals surface area contributed by atoms with Gasteiger partial charge < -0.3 is 13.9 Å². The summed E-state index contributed by atoms with van der Waals surface area (Å²) in [6.45, 7) is 2.85. The van der Waals surface area contributed by atoms with Crippen LogP contribution in [0.5, 0.6) is 0 Å². The van der Waals surface area contributed by atoms with Gasteiger partial charge in [0.1, 0.15) is 28.8 Å². The first-order valence-corrected chi connectivity index (χ1v) is 11.0. The van der Waals surface area contributed by atoms with Gasteiger partial charge in [-0.3, -0.25) is 9.78 Å². The second-order valence-corrected chi connectivity index (χ2v) is 8.00. The van der Waals surface area contributed by atoms with E-state index >= 15 is 0 Å². The molecule has 0 spiro atoms. The molecular weight excluding hydrogens is 633 g/mol. The van der Waals surface area contributed by atoms with Gasteiger partial charge in [0.2, 0.25) is 0 Å². The van der Waals surface area contributed by atoms with E-state index in [1.807, 2.05) is 66.7 Å². The van der Waals surface area contributed by atoms with Crippen LogP contribution in [0, 0.1) is 6.07 Å². The largest absolute Gasteiger partial charge is 0.512 e. The number of furan rings is 2. The Morgan fingerprint density at radius 2 is 1.67 bits per heavy atom. The van der Waals surface area contributed by atoms with Crippen molar-refractivity contribution < 1.29 is 38.8 Å². The molecule has 6 rings (SSSR count). The Kier molecular flexibility index (Phi) is 7.44. The molecule has 3 aromatic carbocycles. The monoisotopic (exact) mass is 654 g/mol.